The number of hydrogen-bond donors (Lipinski definition) is 1. The van der Waals surface area contributed by atoms with Gasteiger partial charge in [-0.3, -0.25) is 4.79 Å². The molecular weight excluding hydrogens is 245 g/mol. The third-order valence-corrected chi connectivity index (χ3v) is 3.73. The molecule has 2 heterocycles. The van der Waals surface area contributed by atoms with E-state index < -0.39 is 5.82 Å². The molecule has 1 saturated heterocycles. The van der Waals surface area contributed by atoms with Crippen LogP contribution >= 0.6 is 0 Å². The van der Waals surface area contributed by atoms with E-state index in [1.165, 1.54) is 6.07 Å². The summed E-state index contributed by atoms with van der Waals surface area (Å²) in [7, 11) is 1.68. The Kier molecular flexibility index (Phi) is 3.73. The van der Waals surface area contributed by atoms with Crippen LogP contribution in [0.15, 0.2) is 12.3 Å². The van der Waals surface area contributed by atoms with Crippen LogP contribution in [0, 0.1) is 11.2 Å². The maximum absolute atomic E-state index is 13.3. The van der Waals surface area contributed by atoms with Gasteiger partial charge in [0.05, 0.1) is 11.8 Å². The molecule has 0 saturated carbocycles. The van der Waals surface area contributed by atoms with Crippen molar-refractivity contribution in [2.75, 3.05) is 25.5 Å². The lowest BCUT2D eigenvalue weighted by Gasteiger charge is -2.37. The number of piperidine rings is 1. The SMILES string of the molecule is CNc1ncc(F)cc1C(=O)N1CCC(C)(C)CC1. The average Bonchev–Trinajstić information content (AvgIpc) is 2.38. The quantitative estimate of drug-likeness (QED) is 0.893. The van der Waals surface area contributed by atoms with Crippen LogP contribution in [-0.2, 0) is 0 Å². The zero-order valence-electron chi connectivity index (χ0n) is 11.7. The number of nitrogens with one attached hydrogen (secondary N) is 1. The van der Waals surface area contributed by atoms with Crippen LogP contribution in [0.5, 0.6) is 0 Å². The molecule has 0 atom stereocenters. The van der Waals surface area contributed by atoms with Gasteiger partial charge in [0.2, 0.25) is 0 Å². The number of anilines is 1. The third-order valence-electron chi connectivity index (χ3n) is 3.73. The van der Waals surface area contributed by atoms with E-state index in [0.717, 1.165) is 19.0 Å². The number of likely N-dealkylation sites (tertiary alicyclic amines) is 1. The molecule has 0 aliphatic carbocycles. The van der Waals surface area contributed by atoms with Gasteiger partial charge in [-0.05, 0) is 24.3 Å². The van der Waals surface area contributed by atoms with Crippen LogP contribution in [0.25, 0.3) is 0 Å². The van der Waals surface area contributed by atoms with E-state index in [4.69, 9.17) is 0 Å². The number of rotatable bonds is 2. The summed E-state index contributed by atoms with van der Waals surface area (Å²) in [6, 6.07) is 1.25. The molecule has 19 heavy (non-hydrogen) atoms. The molecule has 0 bridgehead atoms. The molecule has 0 unspecified atom stereocenters. The van der Waals surface area contributed by atoms with E-state index in [9.17, 15) is 9.18 Å². The topological polar surface area (TPSA) is 45.2 Å². The monoisotopic (exact) mass is 265 g/mol. The van der Waals surface area contributed by atoms with Crippen LogP contribution in [0.2, 0.25) is 0 Å². The van der Waals surface area contributed by atoms with Crippen molar-refractivity contribution >= 4 is 11.7 Å². The number of hydrogen-bond acceptors (Lipinski definition) is 3. The van der Waals surface area contributed by atoms with E-state index in [0.29, 0.717) is 24.5 Å². The van der Waals surface area contributed by atoms with Gasteiger partial charge in [0.25, 0.3) is 5.91 Å². The Labute approximate surface area is 113 Å². The van der Waals surface area contributed by atoms with Gasteiger partial charge in [-0.25, -0.2) is 9.37 Å². The number of amides is 1. The molecule has 0 spiro atoms. The van der Waals surface area contributed by atoms with E-state index >= 15 is 0 Å². The highest BCUT2D eigenvalue weighted by Gasteiger charge is 2.29. The Morgan fingerprint density at radius 2 is 2.05 bits per heavy atom. The largest absolute Gasteiger partial charge is 0.372 e. The molecule has 1 amide bonds. The van der Waals surface area contributed by atoms with Crippen molar-refractivity contribution in [1.29, 1.82) is 0 Å². The molecule has 104 valence electrons. The van der Waals surface area contributed by atoms with Crippen molar-refractivity contribution < 1.29 is 9.18 Å². The van der Waals surface area contributed by atoms with Gasteiger partial charge in [-0.15, -0.1) is 0 Å². The Bertz CT molecular complexity index is 478. The predicted octanol–water partition coefficient (Wildman–Crippen LogP) is 2.52. The zero-order chi connectivity index (χ0) is 14.0. The van der Waals surface area contributed by atoms with Crippen LogP contribution < -0.4 is 5.32 Å². The maximum atomic E-state index is 13.3. The molecule has 5 heteroatoms. The van der Waals surface area contributed by atoms with Crippen LogP contribution in [0.1, 0.15) is 37.0 Å². The van der Waals surface area contributed by atoms with Crippen molar-refractivity contribution in [3.8, 4) is 0 Å². The summed E-state index contributed by atoms with van der Waals surface area (Å²) in [4.78, 5) is 18.1. The van der Waals surface area contributed by atoms with Gasteiger partial charge >= 0.3 is 0 Å². The van der Waals surface area contributed by atoms with Crippen molar-refractivity contribution in [3.05, 3.63) is 23.6 Å². The molecule has 0 aromatic carbocycles. The van der Waals surface area contributed by atoms with Crippen molar-refractivity contribution in [2.24, 2.45) is 5.41 Å². The first-order valence-corrected chi connectivity index (χ1v) is 6.55. The molecule has 0 radical (unpaired) electrons. The fourth-order valence-corrected chi connectivity index (χ4v) is 2.29. The number of halogens is 1. The van der Waals surface area contributed by atoms with Gasteiger partial charge in [0, 0.05) is 20.1 Å². The highest BCUT2D eigenvalue weighted by molar-refractivity contribution is 5.98. The van der Waals surface area contributed by atoms with E-state index in [2.05, 4.69) is 24.1 Å². The molecule has 2 rings (SSSR count). The second-order valence-corrected chi connectivity index (χ2v) is 5.76. The third kappa shape index (κ3) is 3.03. The number of aromatic nitrogens is 1. The lowest BCUT2D eigenvalue weighted by molar-refractivity contribution is 0.0630. The Hall–Kier alpha value is -1.65. The Morgan fingerprint density at radius 1 is 1.42 bits per heavy atom. The summed E-state index contributed by atoms with van der Waals surface area (Å²) in [6.45, 7) is 5.84. The number of pyridine rings is 1. The normalized spacial score (nSPS) is 18.2. The molecule has 1 aromatic heterocycles. The lowest BCUT2D eigenvalue weighted by atomic mass is 9.82. The first-order chi connectivity index (χ1) is 8.93. The Balaban J connectivity index is 2.18. The van der Waals surface area contributed by atoms with Gasteiger partial charge in [0.15, 0.2) is 0 Å². The summed E-state index contributed by atoms with van der Waals surface area (Å²) in [5.41, 5.74) is 0.588. The summed E-state index contributed by atoms with van der Waals surface area (Å²) < 4.78 is 13.3. The Morgan fingerprint density at radius 3 is 2.63 bits per heavy atom. The smallest absolute Gasteiger partial charge is 0.257 e. The summed E-state index contributed by atoms with van der Waals surface area (Å²) in [5, 5.41) is 2.83. The van der Waals surface area contributed by atoms with Gasteiger partial charge in [-0.2, -0.15) is 0 Å². The summed E-state index contributed by atoms with van der Waals surface area (Å²) in [6.07, 6.45) is 3.05. The molecule has 1 aliphatic rings. The van der Waals surface area contributed by atoms with Crippen LogP contribution in [-0.4, -0.2) is 35.9 Å². The molecule has 4 nitrogen and oxygen atoms in total. The fourth-order valence-electron chi connectivity index (χ4n) is 2.29. The molecule has 1 aliphatic heterocycles. The lowest BCUT2D eigenvalue weighted by Crippen LogP contribution is -2.41. The second kappa shape index (κ2) is 5.15. The van der Waals surface area contributed by atoms with Crippen molar-refractivity contribution in [2.45, 2.75) is 26.7 Å². The van der Waals surface area contributed by atoms with Crippen LogP contribution in [0.4, 0.5) is 10.2 Å². The molecule has 1 aromatic rings. The van der Waals surface area contributed by atoms with Gasteiger partial charge in [-0.1, -0.05) is 13.8 Å². The van der Waals surface area contributed by atoms with E-state index in [1.54, 1.807) is 11.9 Å². The summed E-state index contributed by atoms with van der Waals surface area (Å²) in [5.74, 6) is -0.206. The second-order valence-electron chi connectivity index (χ2n) is 5.76. The van der Waals surface area contributed by atoms with E-state index in [1.807, 2.05) is 0 Å². The number of nitrogens with zero attached hydrogens (tertiary/aromatic N) is 2. The molecule has 1 fully saturated rings. The fraction of sp³-hybridized carbons (Fsp3) is 0.571. The van der Waals surface area contributed by atoms with E-state index in [-0.39, 0.29) is 11.3 Å². The zero-order valence-corrected chi connectivity index (χ0v) is 11.7. The van der Waals surface area contributed by atoms with Gasteiger partial charge in [0.1, 0.15) is 11.6 Å². The minimum atomic E-state index is -0.486. The van der Waals surface area contributed by atoms with Crippen LogP contribution in [0.3, 0.4) is 0 Å². The minimum absolute atomic E-state index is 0.146. The minimum Gasteiger partial charge on any atom is -0.372 e. The number of carbonyl (C=O) groups is 1. The highest BCUT2D eigenvalue weighted by atomic mass is 19.1. The average molecular weight is 265 g/mol. The van der Waals surface area contributed by atoms with Crippen molar-refractivity contribution in [3.63, 3.8) is 0 Å². The maximum Gasteiger partial charge on any atom is 0.257 e. The standard InChI is InChI=1S/C14H20FN3O/c1-14(2)4-6-18(7-5-14)13(19)11-8-10(15)9-17-12(11)16-3/h8-9H,4-7H2,1-3H3,(H,16,17). The number of carbonyl (C=O) groups excluding carboxylic acids is 1. The van der Waals surface area contributed by atoms with Crippen molar-refractivity contribution in [1.82, 2.24) is 9.88 Å². The highest BCUT2D eigenvalue weighted by Crippen LogP contribution is 2.30. The molecular formula is C14H20FN3O. The first kappa shape index (κ1) is 13.8. The predicted molar refractivity (Wildman–Crippen MR) is 72.7 cm³/mol. The van der Waals surface area contributed by atoms with Gasteiger partial charge < -0.3 is 10.2 Å². The first-order valence-electron chi connectivity index (χ1n) is 6.55. The summed E-state index contributed by atoms with van der Waals surface area (Å²) >= 11 is 0. The molecule has 1 N–H and O–H groups in total.